The van der Waals surface area contributed by atoms with Crippen molar-refractivity contribution in [2.24, 2.45) is 5.73 Å². The molecule has 1 amide bonds. The number of nitrogens with one attached hydrogen (secondary N) is 1. The molecule has 1 aromatic rings. The Morgan fingerprint density at radius 3 is 2.78 bits per heavy atom. The Kier molecular flexibility index (Phi) is 4.42. The maximum atomic E-state index is 11.1. The zero-order valence-electron chi connectivity index (χ0n) is 10.0. The summed E-state index contributed by atoms with van der Waals surface area (Å²) < 4.78 is 0. The van der Waals surface area contributed by atoms with Crippen molar-refractivity contribution in [3.05, 3.63) is 36.0 Å². The molecule has 1 rings (SSSR count). The lowest BCUT2D eigenvalue weighted by atomic mass is 10.2. The van der Waals surface area contributed by atoms with E-state index in [4.69, 9.17) is 10.8 Å². The zero-order chi connectivity index (χ0) is 13.7. The number of aromatic nitrogens is 1. The predicted octanol–water partition coefficient (Wildman–Crippen LogP) is 0.930. The Balaban J connectivity index is 2.98. The molecule has 0 radical (unpaired) electrons. The first-order valence-corrected chi connectivity index (χ1v) is 5.32. The molecule has 96 valence electrons. The Labute approximate surface area is 105 Å². The molecule has 1 atom stereocenters. The van der Waals surface area contributed by atoms with Crippen molar-refractivity contribution in [2.75, 3.05) is 5.32 Å². The third kappa shape index (κ3) is 3.58. The van der Waals surface area contributed by atoms with Crippen LogP contribution in [0.15, 0.2) is 24.8 Å². The minimum atomic E-state index is -1.01. The van der Waals surface area contributed by atoms with E-state index in [0.717, 1.165) is 0 Å². The van der Waals surface area contributed by atoms with Gasteiger partial charge in [0.15, 0.2) is 0 Å². The van der Waals surface area contributed by atoms with E-state index >= 15 is 0 Å². The molecule has 0 spiro atoms. The summed E-state index contributed by atoms with van der Waals surface area (Å²) in [7, 11) is 0. The minimum absolute atomic E-state index is 0.247. The van der Waals surface area contributed by atoms with E-state index in [2.05, 4.69) is 16.9 Å². The Bertz CT molecular complexity index is 485. The molecule has 1 aromatic heterocycles. The van der Waals surface area contributed by atoms with E-state index in [1.54, 1.807) is 6.92 Å². The second-order valence-electron chi connectivity index (χ2n) is 3.81. The number of carboxylic acid groups (broad SMARTS) is 1. The van der Waals surface area contributed by atoms with Gasteiger partial charge in [-0.2, -0.15) is 0 Å². The first-order valence-electron chi connectivity index (χ1n) is 5.32. The number of aliphatic carboxylic acids is 1. The van der Waals surface area contributed by atoms with Gasteiger partial charge in [0.25, 0.3) is 0 Å². The number of carbonyl (C=O) groups is 2. The van der Waals surface area contributed by atoms with Crippen LogP contribution in [0.3, 0.4) is 0 Å². The number of hydrogen-bond donors (Lipinski definition) is 3. The predicted molar refractivity (Wildman–Crippen MR) is 67.4 cm³/mol. The van der Waals surface area contributed by atoms with Gasteiger partial charge in [-0.3, -0.25) is 4.79 Å². The standard InChI is InChI=1S/C12H15N3O3/c1-3-4-9(12(17)18)15-10-6-8(11(13)16)5-7(2)14-10/h3,5-6,9H,1,4H2,2H3,(H2,13,16)(H,14,15)(H,17,18). The molecular weight excluding hydrogens is 234 g/mol. The number of nitrogens with zero attached hydrogens (tertiary/aromatic N) is 1. The van der Waals surface area contributed by atoms with E-state index < -0.39 is 17.9 Å². The minimum Gasteiger partial charge on any atom is -0.480 e. The molecule has 1 unspecified atom stereocenters. The van der Waals surface area contributed by atoms with Crippen LogP contribution in [-0.4, -0.2) is 28.0 Å². The Morgan fingerprint density at radius 1 is 1.61 bits per heavy atom. The first-order chi connectivity index (χ1) is 8.43. The van der Waals surface area contributed by atoms with Crippen LogP contribution >= 0.6 is 0 Å². The number of primary amides is 1. The zero-order valence-corrected chi connectivity index (χ0v) is 10.0. The third-order valence-corrected chi connectivity index (χ3v) is 2.26. The molecule has 0 aromatic carbocycles. The number of rotatable bonds is 6. The van der Waals surface area contributed by atoms with Crippen LogP contribution in [0.2, 0.25) is 0 Å². The average molecular weight is 249 g/mol. The molecule has 0 aliphatic heterocycles. The van der Waals surface area contributed by atoms with Crippen LogP contribution in [0, 0.1) is 6.92 Å². The molecule has 0 bridgehead atoms. The van der Waals surface area contributed by atoms with Gasteiger partial charge in [0.2, 0.25) is 5.91 Å². The molecular formula is C12H15N3O3. The topological polar surface area (TPSA) is 105 Å². The van der Waals surface area contributed by atoms with Crippen LogP contribution < -0.4 is 11.1 Å². The van der Waals surface area contributed by atoms with Gasteiger partial charge < -0.3 is 16.2 Å². The number of nitrogens with two attached hydrogens (primary N) is 1. The Hall–Kier alpha value is -2.37. The summed E-state index contributed by atoms with van der Waals surface area (Å²) in [6, 6.07) is 2.13. The maximum absolute atomic E-state index is 11.1. The fourth-order valence-electron chi connectivity index (χ4n) is 1.45. The van der Waals surface area contributed by atoms with E-state index in [1.807, 2.05) is 0 Å². The Morgan fingerprint density at radius 2 is 2.28 bits per heavy atom. The van der Waals surface area contributed by atoms with Gasteiger partial charge in [0, 0.05) is 11.3 Å². The molecule has 0 aliphatic rings. The van der Waals surface area contributed by atoms with Crippen LogP contribution in [-0.2, 0) is 4.79 Å². The first kappa shape index (κ1) is 13.7. The van der Waals surface area contributed by atoms with E-state index in [-0.39, 0.29) is 12.0 Å². The second-order valence-corrected chi connectivity index (χ2v) is 3.81. The fraction of sp³-hybridized carbons (Fsp3) is 0.250. The number of amides is 1. The fourth-order valence-corrected chi connectivity index (χ4v) is 1.45. The average Bonchev–Trinajstić information content (AvgIpc) is 2.27. The quantitative estimate of drug-likeness (QED) is 0.650. The second kappa shape index (κ2) is 5.81. The number of hydrogen-bond acceptors (Lipinski definition) is 4. The summed E-state index contributed by atoms with van der Waals surface area (Å²) in [5.41, 5.74) is 6.04. The molecule has 0 saturated heterocycles. The van der Waals surface area contributed by atoms with Gasteiger partial charge in [0.05, 0.1) is 0 Å². The summed E-state index contributed by atoms with van der Waals surface area (Å²) >= 11 is 0. The van der Waals surface area contributed by atoms with Crippen molar-refractivity contribution >= 4 is 17.7 Å². The van der Waals surface area contributed by atoms with Crippen LogP contribution in [0.5, 0.6) is 0 Å². The molecule has 0 fully saturated rings. The van der Waals surface area contributed by atoms with Gasteiger partial charge in [-0.1, -0.05) is 6.08 Å². The molecule has 6 heteroatoms. The summed E-state index contributed by atoms with van der Waals surface area (Å²) in [5, 5.41) is 11.7. The van der Waals surface area contributed by atoms with Crippen molar-refractivity contribution in [3.8, 4) is 0 Å². The van der Waals surface area contributed by atoms with Gasteiger partial charge in [-0.05, 0) is 25.5 Å². The normalized spacial score (nSPS) is 11.6. The van der Waals surface area contributed by atoms with Crippen molar-refractivity contribution in [2.45, 2.75) is 19.4 Å². The van der Waals surface area contributed by atoms with E-state index in [9.17, 15) is 9.59 Å². The highest BCUT2D eigenvalue weighted by molar-refractivity contribution is 5.93. The van der Waals surface area contributed by atoms with Crippen molar-refractivity contribution in [1.29, 1.82) is 0 Å². The summed E-state index contributed by atoms with van der Waals surface area (Å²) in [6.45, 7) is 5.19. The smallest absolute Gasteiger partial charge is 0.326 e. The van der Waals surface area contributed by atoms with Crippen molar-refractivity contribution < 1.29 is 14.7 Å². The lowest BCUT2D eigenvalue weighted by Crippen LogP contribution is -2.29. The molecule has 6 nitrogen and oxygen atoms in total. The van der Waals surface area contributed by atoms with Gasteiger partial charge >= 0.3 is 5.97 Å². The number of carboxylic acids is 1. The molecule has 0 aliphatic carbocycles. The highest BCUT2D eigenvalue weighted by Crippen LogP contribution is 2.12. The van der Waals surface area contributed by atoms with Crippen LogP contribution in [0.4, 0.5) is 5.82 Å². The van der Waals surface area contributed by atoms with Crippen LogP contribution in [0.25, 0.3) is 0 Å². The summed E-state index contributed by atoms with van der Waals surface area (Å²) in [6.07, 6.45) is 1.74. The summed E-state index contributed by atoms with van der Waals surface area (Å²) in [4.78, 5) is 26.2. The number of pyridine rings is 1. The third-order valence-electron chi connectivity index (χ3n) is 2.26. The molecule has 18 heavy (non-hydrogen) atoms. The SMILES string of the molecule is C=CCC(Nc1cc(C(N)=O)cc(C)n1)C(=O)O. The van der Waals surface area contributed by atoms with Crippen LogP contribution in [0.1, 0.15) is 22.5 Å². The van der Waals surface area contributed by atoms with Gasteiger partial charge in [-0.25, -0.2) is 9.78 Å². The highest BCUT2D eigenvalue weighted by atomic mass is 16.4. The number of aryl methyl sites for hydroxylation is 1. The molecule has 0 saturated carbocycles. The van der Waals surface area contributed by atoms with Crippen molar-refractivity contribution in [3.63, 3.8) is 0 Å². The number of carbonyl (C=O) groups excluding carboxylic acids is 1. The van der Waals surface area contributed by atoms with Gasteiger partial charge in [0.1, 0.15) is 11.9 Å². The molecule has 1 heterocycles. The lowest BCUT2D eigenvalue weighted by molar-refractivity contribution is -0.137. The number of anilines is 1. The maximum Gasteiger partial charge on any atom is 0.326 e. The van der Waals surface area contributed by atoms with E-state index in [1.165, 1.54) is 18.2 Å². The summed E-state index contributed by atoms with van der Waals surface area (Å²) in [5.74, 6) is -1.30. The monoisotopic (exact) mass is 249 g/mol. The largest absolute Gasteiger partial charge is 0.480 e. The van der Waals surface area contributed by atoms with E-state index in [0.29, 0.717) is 11.5 Å². The highest BCUT2D eigenvalue weighted by Gasteiger charge is 2.16. The van der Waals surface area contributed by atoms with Gasteiger partial charge in [-0.15, -0.1) is 6.58 Å². The molecule has 4 N–H and O–H groups in total. The van der Waals surface area contributed by atoms with Crippen molar-refractivity contribution in [1.82, 2.24) is 4.98 Å². The lowest BCUT2D eigenvalue weighted by Gasteiger charge is -2.14.